The summed E-state index contributed by atoms with van der Waals surface area (Å²) in [6.07, 6.45) is 0.914. The van der Waals surface area contributed by atoms with E-state index in [0.29, 0.717) is 13.2 Å². The summed E-state index contributed by atoms with van der Waals surface area (Å²) < 4.78 is 31.5. The van der Waals surface area contributed by atoms with Gasteiger partial charge >= 0.3 is 0 Å². The SMILES string of the molecule is CCCOc1ccc(S(=O)(=O)NC)cc1CNCC. The molecular formula is C13H22N2O3S. The van der Waals surface area contributed by atoms with Gasteiger partial charge in [-0.1, -0.05) is 13.8 Å². The Labute approximate surface area is 115 Å². The zero-order valence-corrected chi connectivity index (χ0v) is 12.5. The minimum absolute atomic E-state index is 0.256. The summed E-state index contributed by atoms with van der Waals surface area (Å²) in [6.45, 7) is 6.06. The largest absolute Gasteiger partial charge is 0.493 e. The third kappa shape index (κ3) is 4.49. The van der Waals surface area contributed by atoms with Gasteiger partial charge < -0.3 is 10.1 Å². The van der Waals surface area contributed by atoms with E-state index in [4.69, 9.17) is 4.74 Å². The van der Waals surface area contributed by atoms with Crippen molar-refractivity contribution in [1.82, 2.24) is 10.0 Å². The predicted molar refractivity (Wildman–Crippen MR) is 75.9 cm³/mol. The lowest BCUT2D eigenvalue weighted by molar-refractivity contribution is 0.313. The van der Waals surface area contributed by atoms with Crippen LogP contribution in [0.25, 0.3) is 0 Å². The van der Waals surface area contributed by atoms with Gasteiger partial charge in [0.15, 0.2) is 0 Å². The van der Waals surface area contributed by atoms with Crippen molar-refractivity contribution in [3.05, 3.63) is 23.8 Å². The Hall–Kier alpha value is -1.11. The van der Waals surface area contributed by atoms with Gasteiger partial charge in [-0.3, -0.25) is 0 Å². The van der Waals surface area contributed by atoms with E-state index < -0.39 is 10.0 Å². The van der Waals surface area contributed by atoms with Crippen LogP contribution in [0.4, 0.5) is 0 Å². The molecule has 0 heterocycles. The molecule has 0 unspecified atom stereocenters. The maximum Gasteiger partial charge on any atom is 0.240 e. The molecule has 5 nitrogen and oxygen atoms in total. The van der Waals surface area contributed by atoms with Gasteiger partial charge in [0.1, 0.15) is 5.75 Å². The third-order valence-electron chi connectivity index (χ3n) is 2.64. The molecule has 0 aliphatic carbocycles. The molecule has 0 aliphatic rings. The van der Waals surface area contributed by atoms with Crippen LogP contribution >= 0.6 is 0 Å². The predicted octanol–water partition coefficient (Wildman–Crippen LogP) is 1.49. The van der Waals surface area contributed by atoms with Crippen molar-refractivity contribution < 1.29 is 13.2 Å². The van der Waals surface area contributed by atoms with Gasteiger partial charge in [-0.25, -0.2) is 13.1 Å². The quantitative estimate of drug-likeness (QED) is 0.760. The first-order valence-corrected chi connectivity index (χ1v) is 7.93. The van der Waals surface area contributed by atoms with E-state index in [2.05, 4.69) is 10.0 Å². The Morgan fingerprint density at radius 2 is 2.00 bits per heavy atom. The van der Waals surface area contributed by atoms with Crippen molar-refractivity contribution in [1.29, 1.82) is 0 Å². The van der Waals surface area contributed by atoms with Crippen LogP contribution in [0.5, 0.6) is 5.75 Å². The van der Waals surface area contributed by atoms with Crippen LogP contribution in [0.2, 0.25) is 0 Å². The van der Waals surface area contributed by atoms with Crippen LogP contribution < -0.4 is 14.8 Å². The van der Waals surface area contributed by atoms with E-state index in [9.17, 15) is 8.42 Å². The van der Waals surface area contributed by atoms with Crippen LogP contribution in [0.15, 0.2) is 23.1 Å². The molecule has 108 valence electrons. The second-order valence-corrected chi connectivity index (χ2v) is 5.99. The number of hydrogen-bond donors (Lipinski definition) is 2. The van der Waals surface area contributed by atoms with E-state index in [-0.39, 0.29) is 4.90 Å². The van der Waals surface area contributed by atoms with E-state index in [1.807, 2.05) is 13.8 Å². The molecule has 0 saturated carbocycles. The fourth-order valence-electron chi connectivity index (χ4n) is 1.59. The monoisotopic (exact) mass is 286 g/mol. The van der Waals surface area contributed by atoms with E-state index >= 15 is 0 Å². The molecule has 0 bridgehead atoms. The van der Waals surface area contributed by atoms with Gasteiger partial charge in [-0.2, -0.15) is 0 Å². The third-order valence-corrected chi connectivity index (χ3v) is 4.05. The Morgan fingerprint density at radius 3 is 2.58 bits per heavy atom. The standard InChI is InChI=1S/C13H22N2O3S/c1-4-8-18-13-7-6-12(19(16,17)14-3)9-11(13)10-15-5-2/h6-7,9,14-15H,4-5,8,10H2,1-3H3. The van der Waals surface area contributed by atoms with Gasteiger partial charge in [0.25, 0.3) is 0 Å². The minimum atomic E-state index is -3.42. The molecular weight excluding hydrogens is 264 g/mol. The zero-order valence-electron chi connectivity index (χ0n) is 11.7. The molecule has 0 amide bonds. The van der Waals surface area contributed by atoms with Gasteiger partial charge in [-0.05, 0) is 38.2 Å². The van der Waals surface area contributed by atoms with Crippen molar-refractivity contribution in [3.8, 4) is 5.75 Å². The van der Waals surface area contributed by atoms with Crippen LogP contribution in [-0.2, 0) is 16.6 Å². The summed E-state index contributed by atoms with van der Waals surface area (Å²) in [4.78, 5) is 0.256. The summed E-state index contributed by atoms with van der Waals surface area (Å²) in [5, 5.41) is 3.18. The highest BCUT2D eigenvalue weighted by atomic mass is 32.2. The van der Waals surface area contributed by atoms with Crippen molar-refractivity contribution in [3.63, 3.8) is 0 Å². The molecule has 1 rings (SSSR count). The highest BCUT2D eigenvalue weighted by Crippen LogP contribution is 2.22. The van der Waals surface area contributed by atoms with Crippen LogP contribution in [-0.4, -0.2) is 28.6 Å². The van der Waals surface area contributed by atoms with Crippen LogP contribution in [0.1, 0.15) is 25.8 Å². The Bertz CT molecular complexity index is 501. The molecule has 0 spiro atoms. The fraction of sp³-hybridized carbons (Fsp3) is 0.538. The highest BCUT2D eigenvalue weighted by Gasteiger charge is 2.14. The number of hydrogen-bond acceptors (Lipinski definition) is 4. The van der Waals surface area contributed by atoms with Crippen LogP contribution in [0, 0.1) is 0 Å². The molecule has 0 aromatic heterocycles. The summed E-state index contributed by atoms with van der Waals surface area (Å²) in [6, 6.07) is 4.93. The van der Waals surface area contributed by atoms with E-state index in [1.54, 1.807) is 18.2 Å². The van der Waals surface area contributed by atoms with Gasteiger partial charge in [-0.15, -0.1) is 0 Å². The maximum absolute atomic E-state index is 11.8. The smallest absolute Gasteiger partial charge is 0.240 e. The van der Waals surface area contributed by atoms with Crippen molar-refractivity contribution in [2.75, 3.05) is 20.2 Å². The average Bonchev–Trinajstić information content (AvgIpc) is 2.43. The summed E-state index contributed by atoms with van der Waals surface area (Å²) in [5.74, 6) is 0.734. The zero-order chi connectivity index (χ0) is 14.3. The van der Waals surface area contributed by atoms with Crippen molar-refractivity contribution in [2.24, 2.45) is 0 Å². The second-order valence-electron chi connectivity index (χ2n) is 4.11. The highest BCUT2D eigenvalue weighted by molar-refractivity contribution is 7.89. The maximum atomic E-state index is 11.8. The van der Waals surface area contributed by atoms with Gasteiger partial charge in [0.05, 0.1) is 11.5 Å². The number of rotatable bonds is 8. The summed E-state index contributed by atoms with van der Waals surface area (Å²) in [5.41, 5.74) is 0.853. The Kier molecular flexibility index (Phi) is 6.27. The Morgan fingerprint density at radius 1 is 1.26 bits per heavy atom. The van der Waals surface area contributed by atoms with Gasteiger partial charge in [0.2, 0.25) is 10.0 Å². The topological polar surface area (TPSA) is 67.4 Å². The number of ether oxygens (including phenoxy) is 1. The molecule has 19 heavy (non-hydrogen) atoms. The number of benzene rings is 1. The van der Waals surface area contributed by atoms with Crippen LogP contribution in [0.3, 0.4) is 0 Å². The second kappa shape index (κ2) is 7.47. The summed E-state index contributed by atoms with van der Waals surface area (Å²) in [7, 11) is -2.01. The number of nitrogens with one attached hydrogen (secondary N) is 2. The van der Waals surface area contributed by atoms with Crippen molar-refractivity contribution in [2.45, 2.75) is 31.7 Å². The number of sulfonamides is 1. The molecule has 0 atom stereocenters. The Balaban J connectivity index is 3.07. The first-order valence-electron chi connectivity index (χ1n) is 6.45. The lowest BCUT2D eigenvalue weighted by Gasteiger charge is -2.13. The van der Waals surface area contributed by atoms with Gasteiger partial charge in [0, 0.05) is 12.1 Å². The average molecular weight is 286 g/mol. The molecule has 0 radical (unpaired) electrons. The lowest BCUT2D eigenvalue weighted by Crippen LogP contribution is -2.19. The first kappa shape index (κ1) is 15.9. The molecule has 0 aliphatic heterocycles. The van der Waals surface area contributed by atoms with E-state index in [1.165, 1.54) is 7.05 Å². The molecule has 1 aromatic carbocycles. The fourth-order valence-corrected chi connectivity index (χ4v) is 2.37. The summed E-state index contributed by atoms with van der Waals surface area (Å²) >= 11 is 0. The van der Waals surface area contributed by atoms with E-state index in [0.717, 1.165) is 24.3 Å². The molecule has 2 N–H and O–H groups in total. The molecule has 0 saturated heterocycles. The van der Waals surface area contributed by atoms with Crippen molar-refractivity contribution >= 4 is 10.0 Å². The molecule has 6 heteroatoms. The first-order chi connectivity index (χ1) is 9.05. The lowest BCUT2D eigenvalue weighted by atomic mass is 10.2. The minimum Gasteiger partial charge on any atom is -0.493 e. The normalized spacial score (nSPS) is 11.5. The molecule has 1 aromatic rings. The molecule has 0 fully saturated rings.